The lowest BCUT2D eigenvalue weighted by Gasteiger charge is -2.08. The van der Waals surface area contributed by atoms with E-state index in [0.29, 0.717) is 16.7 Å². The summed E-state index contributed by atoms with van der Waals surface area (Å²) in [5, 5.41) is 3.66. The van der Waals surface area contributed by atoms with E-state index in [1.165, 1.54) is 6.33 Å². The molecule has 2 aromatic rings. The number of rotatable bonds is 4. The van der Waals surface area contributed by atoms with Gasteiger partial charge in [-0.2, -0.15) is 0 Å². The van der Waals surface area contributed by atoms with Crippen molar-refractivity contribution in [1.29, 1.82) is 0 Å². The highest BCUT2D eigenvalue weighted by atomic mass is 35.5. The zero-order valence-electron chi connectivity index (χ0n) is 10.3. The highest BCUT2D eigenvalue weighted by Gasteiger charge is 2.05. The number of benzene rings is 1. The van der Waals surface area contributed by atoms with Crippen LogP contribution in [0.15, 0.2) is 30.6 Å². The summed E-state index contributed by atoms with van der Waals surface area (Å²) in [6.07, 6.45) is 1.46. The quantitative estimate of drug-likeness (QED) is 0.914. The van der Waals surface area contributed by atoms with Gasteiger partial charge in [-0.1, -0.05) is 17.7 Å². The molecule has 0 aliphatic heterocycles. The van der Waals surface area contributed by atoms with Crippen LogP contribution in [0.25, 0.3) is 0 Å². The van der Waals surface area contributed by atoms with E-state index >= 15 is 0 Å². The molecule has 18 heavy (non-hydrogen) atoms. The Kier molecular flexibility index (Phi) is 3.99. The summed E-state index contributed by atoms with van der Waals surface area (Å²) in [6.45, 7) is 4.77. The molecule has 1 aromatic heterocycles. The molecule has 1 aromatic carbocycles. The molecule has 0 atom stereocenters. The molecule has 0 unspecified atom stereocenters. The van der Waals surface area contributed by atoms with Crippen LogP contribution in [0.1, 0.15) is 12.5 Å². The zero-order valence-corrected chi connectivity index (χ0v) is 11.0. The molecule has 4 nitrogen and oxygen atoms in total. The van der Waals surface area contributed by atoms with Crippen LogP contribution < -0.4 is 10.1 Å². The Balaban J connectivity index is 2.22. The molecule has 0 saturated heterocycles. The SMILES string of the molecule is CCNc1cc(Oc2cc(C)ccc2Cl)ncn1. The maximum Gasteiger partial charge on any atom is 0.224 e. The van der Waals surface area contributed by atoms with Crippen LogP contribution in [0.3, 0.4) is 0 Å². The van der Waals surface area contributed by atoms with Crippen LogP contribution in [-0.4, -0.2) is 16.5 Å². The molecule has 0 aliphatic carbocycles. The average Bonchev–Trinajstić information content (AvgIpc) is 2.35. The van der Waals surface area contributed by atoms with Crippen molar-refractivity contribution < 1.29 is 4.74 Å². The number of halogens is 1. The van der Waals surface area contributed by atoms with E-state index in [4.69, 9.17) is 16.3 Å². The molecule has 0 bridgehead atoms. The largest absolute Gasteiger partial charge is 0.437 e. The van der Waals surface area contributed by atoms with E-state index in [-0.39, 0.29) is 0 Å². The van der Waals surface area contributed by atoms with Crippen LogP contribution in [0.5, 0.6) is 11.6 Å². The number of nitrogens with one attached hydrogen (secondary N) is 1. The van der Waals surface area contributed by atoms with Gasteiger partial charge in [0, 0.05) is 12.6 Å². The maximum absolute atomic E-state index is 6.06. The molecule has 0 fully saturated rings. The first kappa shape index (κ1) is 12.6. The molecule has 94 valence electrons. The normalized spacial score (nSPS) is 10.2. The second-order valence-corrected chi connectivity index (χ2v) is 4.21. The van der Waals surface area contributed by atoms with Crippen LogP contribution in [0, 0.1) is 6.92 Å². The van der Waals surface area contributed by atoms with Crippen molar-refractivity contribution in [3.63, 3.8) is 0 Å². The van der Waals surface area contributed by atoms with Gasteiger partial charge in [0.15, 0.2) is 0 Å². The van der Waals surface area contributed by atoms with Gasteiger partial charge in [0.25, 0.3) is 0 Å². The number of aryl methyl sites for hydroxylation is 1. The fourth-order valence-electron chi connectivity index (χ4n) is 1.47. The van der Waals surface area contributed by atoms with Gasteiger partial charge in [-0.15, -0.1) is 0 Å². The zero-order chi connectivity index (χ0) is 13.0. The maximum atomic E-state index is 6.06. The highest BCUT2D eigenvalue weighted by Crippen LogP contribution is 2.29. The molecule has 1 heterocycles. The van der Waals surface area contributed by atoms with Gasteiger partial charge < -0.3 is 10.1 Å². The van der Waals surface area contributed by atoms with Gasteiger partial charge in [-0.25, -0.2) is 9.97 Å². The second kappa shape index (κ2) is 5.69. The van der Waals surface area contributed by atoms with E-state index in [1.807, 2.05) is 26.0 Å². The summed E-state index contributed by atoms with van der Waals surface area (Å²) in [5.41, 5.74) is 1.08. The van der Waals surface area contributed by atoms with Crippen molar-refractivity contribution in [3.8, 4) is 11.6 Å². The molecular weight excluding hydrogens is 250 g/mol. The number of ether oxygens (including phenoxy) is 1. The molecule has 2 rings (SSSR count). The molecular formula is C13H14ClN3O. The lowest BCUT2D eigenvalue weighted by molar-refractivity contribution is 0.461. The molecule has 0 amide bonds. The summed E-state index contributed by atoms with van der Waals surface area (Å²) in [7, 11) is 0. The smallest absolute Gasteiger partial charge is 0.224 e. The summed E-state index contributed by atoms with van der Waals surface area (Å²) in [4.78, 5) is 8.13. The van der Waals surface area contributed by atoms with Crippen molar-refractivity contribution in [2.45, 2.75) is 13.8 Å². The number of hydrogen-bond acceptors (Lipinski definition) is 4. The Labute approximate surface area is 111 Å². The van der Waals surface area contributed by atoms with Crippen molar-refractivity contribution in [3.05, 3.63) is 41.2 Å². The first-order valence-corrected chi connectivity index (χ1v) is 6.06. The van der Waals surface area contributed by atoms with E-state index in [2.05, 4.69) is 15.3 Å². The number of anilines is 1. The molecule has 0 spiro atoms. The van der Waals surface area contributed by atoms with Crippen molar-refractivity contribution in [2.24, 2.45) is 0 Å². The summed E-state index contributed by atoms with van der Waals surface area (Å²) in [6, 6.07) is 7.34. The van der Waals surface area contributed by atoms with Crippen molar-refractivity contribution in [1.82, 2.24) is 9.97 Å². The number of hydrogen-bond donors (Lipinski definition) is 1. The van der Waals surface area contributed by atoms with Gasteiger partial charge in [-0.05, 0) is 31.5 Å². The summed E-state index contributed by atoms with van der Waals surface area (Å²) < 4.78 is 5.65. The molecule has 0 saturated carbocycles. The van der Waals surface area contributed by atoms with Crippen molar-refractivity contribution in [2.75, 3.05) is 11.9 Å². The van der Waals surface area contributed by atoms with Gasteiger partial charge >= 0.3 is 0 Å². The summed E-state index contributed by atoms with van der Waals surface area (Å²) >= 11 is 6.06. The third-order valence-corrected chi connectivity index (χ3v) is 2.61. The van der Waals surface area contributed by atoms with Crippen LogP contribution in [-0.2, 0) is 0 Å². The minimum absolute atomic E-state index is 0.466. The third-order valence-electron chi connectivity index (χ3n) is 2.30. The standard InChI is InChI=1S/C13H14ClN3O/c1-3-15-12-7-13(17-8-16-12)18-11-6-9(2)4-5-10(11)14/h4-8H,3H2,1-2H3,(H,15,16,17). The van der Waals surface area contributed by atoms with Gasteiger partial charge in [0.1, 0.15) is 17.9 Å². The van der Waals surface area contributed by atoms with Gasteiger partial charge in [0.2, 0.25) is 5.88 Å². The monoisotopic (exact) mass is 263 g/mol. The predicted octanol–water partition coefficient (Wildman–Crippen LogP) is 3.66. The van der Waals surface area contributed by atoms with E-state index in [0.717, 1.165) is 17.9 Å². The predicted molar refractivity (Wildman–Crippen MR) is 72.5 cm³/mol. The third kappa shape index (κ3) is 3.11. The van der Waals surface area contributed by atoms with E-state index in [1.54, 1.807) is 12.1 Å². The Morgan fingerprint density at radius 1 is 1.28 bits per heavy atom. The van der Waals surface area contributed by atoms with Crippen LogP contribution in [0.4, 0.5) is 5.82 Å². The fraction of sp³-hybridized carbons (Fsp3) is 0.231. The molecule has 0 radical (unpaired) electrons. The number of nitrogens with zero attached hydrogens (tertiary/aromatic N) is 2. The van der Waals surface area contributed by atoms with E-state index in [9.17, 15) is 0 Å². The first-order valence-electron chi connectivity index (χ1n) is 5.69. The van der Waals surface area contributed by atoms with Gasteiger partial charge in [0.05, 0.1) is 5.02 Å². The molecule has 1 N–H and O–H groups in total. The van der Waals surface area contributed by atoms with Crippen molar-refractivity contribution >= 4 is 17.4 Å². The second-order valence-electron chi connectivity index (χ2n) is 3.81. The minimum Gasteiger partial charge on any atom is -0.437 e. The lowest BCUT2D eigenvalue weighted by atomic mass is 10.2. The van der Waals surface area contributed by atoms with Crippen LogP contribution in [0.2, 0.25) is 5.02 Å². The fourth-order valence-corrected chi connectivity index (χ4v) is 1.63. The first-order chi connectivity index (χ1) is 8.69. The molecule has 0 aliphatic rings. The van der Waals surface area contributed by atoms with E-state index < -0.39 is 0 Å². The van der Waals surface area contributed by atoms with Crippen LogP contribution >= 0.6 is 11.6 Å². The Morgan fingerprint density at radius 3 is 2.89 bits per heavy atom. The van der Waals surface area contributed by atoms with Gasteiger partial charge in [-0.3, -0.25) is 0 Å². The Hall–Kier alpha value is -1.81. The summed E-state index contributed by atoms with van der Waals surface area (Å²) in [5.74, 6) is 1.79. The average molecular weight is 264 g/mol. The number of aromatic nitrogens is 2. The highest BCUT2D eigenvalue weighted by molar-refractivity contribution is 6.32. The molecule has 5 heteroatoms. The Morgan fingerprint density at radius 2 is 2.11 bits per heavy atom. The topological polar surface area (TPSA) is 47.0 Å². The Bertz CT molecular complexity index is 546. The lowest BCUT2D eigenvalue weighted by Crippen LogP contribution is -2.00. The minimum atomic E-state index is 0.466.